The highest BCUT2D eigenvalue weighted by molar-refractivity contribution is 7.16. The molecule has 0 amide bonds. The normalized spacial score (nSPS) is 18.1. The molecule has 1 aliphatic rings. The van der Waals surface area contributed by atoms with E-state index in [1.807, 2.05) is 12.3 Å². The van der Waals surface area contributed by atoms with Crippen molar-refractivity contribution in [2.75, 3.05) is 0 Å². The van der Waals surface area contributed by atoms with Gasteiger partial charge in [-0.1, -0.05) is 0 Å². The quantitative estimate of drug-likeness (QED) is 0.891. The van der Waals surface area contributed by atoms with E-state index < -0.39 is 23.1 Å². The first-order valence-corrected chi connectivity index (χ1v) is 7.23. The van der Waals surface area contributed by atoms with Crippen molar-refractivity contribution in [3.8, 4) is 0 Å². The van der Waals surface area contributed by atoms with Gasteiger partial charge < -0.3 is 5.11 Å². The zero-order valence-corrected chi connectivity index (χ0v) is 11.9. The molecule has 1 aliphatic carbocycles. The molecule has 1 saturated carbocycles. The van der Waals surface area contributed by atoms with Crippen molar-refractivity contribution in [3.05, 3.63) is 31.8 Å². The number of hydrogen-bond donors (Lipinski definition) is 2. The summed E-state index contributed by atoms with van der Waals surface area (Å²) in [7, 11) is 0. The van der Waals surface area contributed by atoms with Crippen molar-refractivity contribution >= 4 is 27.5 Å². The highest BCUT2D eigenvalue weighted by atomic mass is 32.1. The van der Waals surface area contributed by atoms with Crippen LogP contribution in [0.1, 0.15) is 25.3 Å². The molecule has 1 atom stereocenters. The van der Waals surface area contributed by atoms with Crippen molar-refractivity contribution in [1.29, 1.82) is 0 Å². The molecule has 2 N–H and O–H groups in total. The van der Waals surface area contributed by atoms with Crippen molar-refractivity contribution in [1.82, 2.24) is 9.55 Å². The number of thiophene rings is 1. The number of nitrogens with zero attached hydrogens (tertiary/aromatic N) is 1. The molecule has 1 fully saturated rings. The van der Waals surface area contributed by atoms with Gasteiger partial charge in [0, 0.05) is 0 Å². The Morgan fingerprint density at radius 1 is 1.50 bits per heavy atom. The Morgan fingerprint density at radius 2 is 2.15 bits per heavy atom. The smallest absolute Gasteiger partial charge is 0.329 e. The maximum atomic E-state index is 12.6. The third-order valence-corrected chi connectivity index (χ3v) is 5.21. The SMILES string of the molecule is Cc1csc2[nH]c(=O)n(C3(C(C)C(=O)O)CC3)c(=O)c12. The first kappa shape index (κ1) is 13.1. The molecule has 20 heavy (non-hydrogen) atoms. The molecular formula is C13H14N2O4S. The van der Waals surface area contributed by atoms with Crippen molar-refractivity contribution in [2.45, 2.75) is 32.2 Å². The standard InChI is InChI=1S/C13H14N2O4S/c1-6-5-20-9-8(6)10(16)15(12(19)14-9)13(3-4-13)7(2)11(17)18/h5,7H,3-4H2,1-2H3,(H,14,19)(H,17,18). The van der Waals surface area contributed by atoms with E-state index in [0.717, 1.165) is 10.1 Å². The summed E-state index contributed by atoms with van der Waals surface area (Å²) in [5, 5.41) is 11.5. The van der Waals surface area contributed by atoms with Crippen LogP contribution in [-0.4, -0.2) is 20.6 Å². The highest BCUT2D eigenvalue weighted by Crippen LogP contribution is 2.48. The lowest BCUT2D eigenvalue weighted by molar-refractivity contribution is -0.143. The van der Waals surface area contributed by atoms with Gasteiger partial charge in [-0.2, -0.15) is 0 Å². The average molecular weight is 294 g/mol. The molecule has 0 aromatic carbocycles. The van der Waals surface area contributed by atoms with Gasteiger partial charge in [0.1, 0.15) is 4.83 Å². The molecule has 2 aromatic rings. The van der Waals surface area contributed by atoms with Crippen LogP contribution < -0.4 is 11.2 Å². The molecule has 6 nitrogen and oxygen atoms in total. The van der Waals surface area contributed by atoms with Crippen molar-refractivity contribution in [3.63, 3.8) is 0 Å². The Morgan fingerprint density at radius 3 is 2.70 bits per heavy atom. The molecule has 0 saturated heterocycles. The van der Waals surface area contributed by atoms with Crippen LogP contribution in [0, 0.1) is 12.8 Å². The number of carboxylic acid groups (broad SMARTS) is 1. The number of rotatable bonds is 3. The van der Waals surface area contributed by atoms with Crippen LogP contribution in [0.25, 0.3) is 10.2 Å². The summed E-state index contributed by atoms with van der Waals surface area (Å²) in [5.74, 6) is -1.76. The maximum Gasteiger partial charge on any atom is 0.329 e. The Balaban J connectivity index is 2.33. The first-order valence-electron chi connectivity index (χ1n) is 6.35. The highest BCUT2D eigenvalue weighted by Gasteiger charge is 2.54. The molecule has 1 unspecified atom stereocenters. The van der Waals surface area contributed by atoms with Crippen LogP contribution in [0.2, 0.25) is 0 Å². The second-order valence-electron chi connectivity index (χ2n) is 5.36. The Labute approximate surface area is 117 Å². The maximum absolute atomic E-state index is 12.6. The summed E-state index contributed by atoms with van der Waals surface area (Å²) in [6.07, 6.45) is 1.08. The zero-order valence-electron chi connectivity index (χ0n) is 11.1. The number of aliphatic carboxylic acids is 1. The summed E-state index contributed by atoms with van der Waals surface area (Å²) in [5.41, 5.74) is -0.971. The molecule has 2 heterocycles. The topological polar surface area (TPSA) is 92.2 Å². The lowest BCUT2D eigenvalue weighted by atomic mass is 9.99. The van der Waals surface area contributed by atoms with Gasteiger partial charge in [-0.25, -0.2) is 4.79 Å². The van der Waals surface area contributed by atoms with Gasteiger partial charge in [-0.3, -0.25) is 19.1 Å². The zero-order chi connectivity index (χ0) is 14.7. The molecule has 0 bridgehead atoms. The summed E-state index contributed by atoms with van der Waals surface area (Å²) in [6.45, 7) is 3.36. The number of aromatic nitrogens is 2. The van der Waals surface area contributed by atoms with Crippen LogP contribution in [0.5, 0.6) is 0 Å². The molecule has 7 heteroatoms. The number of carbonyl (C=O) groups is 1. The molecule has 0 radical (unpaired) electrons. The second-order valence-corrected chi connectivity index (χ2v) is 6.24. The monoisotopic (exact) mass is 294 g/mol. The van der Waals surface area contributed by atoms with E-state index in [0.29, 0.717) is 23.1 Å². The van der Waals surface area contributed by atoms with Gasteiger partial charge in [-0.05, 0) is 37.6 Å². The summed E-state index contributed by atoms with van der Waals surface area (Å²) in [4.78, 5) is 39.3. The predicted molar refractivity (Wildman–Crippen MR) is 75.5 cm³/mol. The van der Waals surface area contributed by atoms with Crippen LogP contribution in [0.3, 0.4) is 0 Å². The minimum Gasteiger partial charge on any atom is -0.481 e. The van der Waals surface area contributed by atoms with E-state index in [4.69, 9.17) is 0 Å². The molecule has 2 aromatic heterocycles. The van der Waals surface area contributed by atoms with Gasteiger partial charge in [0.15, 0.2) is 0 Å². The van der Waals surface area contributed by atoms with E-state index in [2.05, 4.69) is 4.98 Å². The lowest BCUT2D eigenvalue weighted by Gasteiger charge is -2.21. The number of nitrogens with one attached hydrogen (secondary N) is 1. The van der Waals surface area contributed by atoms with Crippen molar-refractivity contribution < 1.29 is 9.90 Å². The van der Waals surface area contributed by atoms with Crippen LogP contribution in [-0.2, 0) is 10.3 Å². The van der Waals surface area contributed by atoms with Gasteiger partial charge in [-0.15, -0.1) is 11.3 Å². The van der Waals surface area contributed by atoms with E-state index in [-0.39, 0.29) is 5.56 Å². The molecule has 3 rings (SSSR count). The van der Waals surface area contributed by atoms with Gasteiger partial charge in [0.25, 0.3) is 5.56 Å². The summed E-state index contributed by atoms with van der Waals surface area (Å²) in [6, 6.07) is 0. The molecule has 0 aliphatic heterocycles. The molecular weight excluding hydrogens is 280 g/mol. The Kier molecular flexibility index (Phi) is 2.66. The van der Waals surface area contributed by atoms with Gasteiger partial charge in [0.2, 0.25) is 0 Å². The number of aromatic amines is 1. The fourth-order valence-corrected chi connectivity index (χ4v) is 3.70. The number of hydrogen-bond acceptors (Lipinski definition) is 4. The lowest BCUT2D eigenvalue weighted by Crippen LogP contribution is -2.46. The van der Waals surface area contributed by atoms with Crippen LogP contribution in [0.15, 0.2) is 15.0 Å². The van der Waals surface area contributed by atoms with E-state index >= 15 is 0 Å². The minimum atomic E-state index is -0.990. The van der Waals surface area contributed by atoms with Crippen LogP contribution >= 0.6 is 11.3 Å². The third-order valence-electron chi connectivity index (χ3n) is 4.20. The Bertz CT molecular complexity index is 825. The van der Waals surface area contributed by atoms with E-state index in [9.17, 15) is 19.5 Å². The second kappa shape index (κ2) is 4.05. The summed E-state index contributed by atoms with van der Waals surface area (Å²) < 4.78 is 1.12. The Hall–Kier alpha value is -1.89. The number of carboxylic acids is 1. The van der Waals surface area contributed by atoms with E-state index in [1.165, 1.54) is 11.3 Å². The number of aryl methyl sites for hydroxylation is 1. The fraction of sp³-hybridized carbons (Fsp3) is 0.462. The number of fused-ring (bicyclic) bond motifs is 1. The largest absolute Gasteiger partial charge is 0.481 e. The average Bonchev–Trinajstić information content (AvgIpc) is 3.08. The fourth-order valence-electron chi connectivity index (χ4n) is 2.77. The minimum absolute atomic E-state index is 0.381. The number of H-pyrrole nitrogens is 1. The molecule has 106 valence electrons. The van der Waals surface area contributed by atoms with Crippen molar-refractivity contribution in [2.24, 2.45) is 5.92 Å². The third kappa shape index (κ3) is 1.59. The first-order chi connectivity index (χ1) is 9.38. The van der Waals surface area contributed by atoms with Gasteiger partial charge >= 0.3 is 11.7 Å². The predicted octanol–water partition coefficient (Wildman–Crippen LogP) is 1.27. The van der Waals surface area contributed by atoms with Gasteiger partial charge in [0.05, 0.1) is 16.8 Å². The molecule has 0 spiro atoms. The van der Waals surface area contributed by atoms with E-state index in [1.54, 1.807) is 6.92 Å². The summed E-state index contributed by atoms with van der Waals surface area (Å²) >= 11 is 1.31. The van der Waals surface area contributed by atoms with Crippen LogP contribution in [0.4, 0.5) is 0 Å².